The van der Waals surface area contributed by atoms with E-state index in [2.05, 4.69) is 0 Å². The molecule has 3 aliphatic heterocycles. The maximum Gasteiger partial charge on any atom is 0.313 e. The predicted octanol–water partition coefficient (Wildman–Crippen LogP) is 1.90. The first-order valence-corrected chi connectivity index (χ1v) is 15.6. The minimum atomic E-state index is -0.960. The first-order chi connectivity index (χ1) is 21.6. The molecule has 3 heterocycles. The molecule has 6 atom stereocenters. The van der Waals surface area contributed by atoms with Gasteiger partial charge in [0.1, 0.15) is 0 Å². The molecule has 1 unspecified atom stereocenters. The molecule has 2 fully saturated rings. The Morgan fingerprint density at radius 1 is 1.07 bits per heavy atom. The van der Waals surface area contributed by atoms with Gasteiger partial charge in [0.2, 0.25) is 24.4 Å². The lowest BCUT2D eigenvalue weighted by Crippen LogP contribution is -2.34. The Kier molecular flexibility index (Phi) is 8.55. The van der Waals surface area contributed by atoms with Gasteiger partial charge in [-0.2, -0.15) is 0 Å². The molecule has 4 aliphatic rings. The van der Waals surface area contributed by atoms with Crippen molar-refractivity contribution in [1.29, 1.82) is 0 Å². The number of aliphatic hydroxyl groups is 1. The Hall–Kier alpha value is -4.01. The van der Waals surface area contributed by atoms with E-state index in [1.165, 1.54) is 26.0 Å². The molecule has 13 nitrogen and oxygen atoms in total. The van der Waals surface area contributed by atoms with Gasteiger partial charge in [-0.25, -0.2) is 0 Å². The van der Waals surface area contributed by atoms with Crippen LogP contribution in [0.5, 0.6) is 28.7 Å². The van der Waals surface area contributed by atoms with Crippen LogP contribution in [0.4, 0.5) is 0 Å². The van der Waals surface area contributed by atoms with E-state index in [0.29, 0.717) is 33.9 Å². The van der Waals surface area contributed by atoms with Crippen molar-refractivity contribution in [2.45, 2.75) is 43.1 Å². The van der Waals surface area contributed by atoms with Crippen LogP contribution in [0.2, 0.25) is 0 Å². The predicted molar refractivity (Wildman–Crippen MR) is 158 cm³/mol. The average Bonchev–Trinajstić information content (AvgIpc) is 3.71. The fourth-order valence-electron chi connectivity index (χ4n) is 6.37. The molecule has 1 aliphatic carbocycles. The van der Waals surface area contributed by atoms with E-state index in [9.17, 15) is 24.3 Å². The van der Waals surface area contributed by atoms with Crippen molar-refractivity contribution in [3.63, 3.8) is 0 Å². The normalized spacial score (nSPS) is 25.5. The molecule has 0 saturated carbocycles. The standard InChI is InChI=1S/C31H34N2O11S/c1-14(32)12-45-23-10-24(34)33(30(23)37)5-4-25(35)44-29-21(39-2)6-15(7-22(29)40-3)26-16-8-19-20(43-13-42-19)9-17(16)28(36)18-11-41-31(38)27(18)26/h6-9,14,18,23,26-28,36H,4-5,10-13,32H2,1-3H3/t14-,18+,23?,26-,27+,28-/m1/s1. The van der Waals surface area contributed by atoms with Crippen LogP contribution in [0.1, 0.15) is 48.5 Å². The molecule has 2 aromatic carbocycles. The van der Waals surface area contributed by atoms with Crippen molar-refractivity contribution in [2.24, 2.45) is 17.6 Å². The molecule has 0 spiro atoms. The third-order valence-corrected chi connectivity index (χ3v) is 10.00. The number of carbonyl (C=O) groups excluding carboxylic acids is 4. The second-order valence-electron chi connectivity index (χ2n) is 11.4. The van der Waals surface area contributed by atoms with Gasteiger partial charge in [-0.15, -0.1) is 11.8 Å². The molecule has 45 heavy (non-hydrogen) atoms. The lowest BCUT2D eigenvalue weighted by molar-refractivity contribution is -0.142. The number of hydrogen-bond acceptors (Lipinski definition) is 13. The number of carbonyl (C=O) groups is 4. The third-order valence-electron chi connectivity index (χ3n) is 8.51. The molecule has 2 aromatic rings. The number of aliphatic hydroxyl groups excluding tert-OH is 1. The molecule has 0 bridgehead atoms. The summed E-state index contributed by atoms with van der Waals surface area (Å²) >= 11 is 1.33. The van der Waals surface area contributed by atoms with Crippen LogP contribution in [0.25, 0.3) is 0 Å². The van der Waals surface area contributed by atoms with Gasteiger partial charge >= 0.3 is 11.9 Å². The minimum absolute atomic E-state index is 0.00509. The number of rotatable bonds is 10. The summed E-state index contributed by atoms with van der Waals surface area (Å²) in [6.45, 7) is 1.80. The third kappa shape index (κ3) is 5.66. The van der Waals surface area contributed by atoms with Crippen molar-refractivity contribution in [2.75, 3.05) is 39.9 Å². The van der Waals surface area contributed by atoms with Gasteiger partial charge in [0.05, 0.1) is 44.5 Å². The number of nitrogens with zero attached hydrogens (tertiary/aromatic N) is 1. The lowest BCUT2D eigenvalue weighted by Gasteiger charge is -2.37. The van der Waals surface area contributed by atoms with Gasteiger partial charge in [0.25, 0.3) is 0 Å². The van der Waals surface area contributed by atoms with Crippen LogP contribution in [0, 0.1) is 11.8 Å². The fraction of sp³-hybridized carbons (Fsp3) is 0.484. The quantitative estimate of drug-likeness (QED) is 0.219. The number of likely N-dealkylation sites (tertiary alicyclic amines) is 1. The maximum absolute atomic E-state index is 13.0. The summed E-state index contributed by atoms with van der Waals surface area (Å²) in [6, 6.07) is 6.68. The van der Waals surface area contributed by atoms with Crippen molar-refractivity contribution in [1.82, 2.24) is 4.90 Å². The molecule has 240 valence electrons. The number of hydrogen-bond donors (Lipinski definition) is 2. The summed E-state index contributed by atoms with van der Waals surface area (Å²) in [5.41, 5.74) is 7.65. The molecule has 14 heteroatoms. The monoisotopic (exact) mass is 642 g/mol. The molecule has 0 aromatic heterocycles. The van der Waals surface area contributed by atoms with Crippen LogP contribution in [-0.4, -0.2) is 85.0 Å². The van der Waals surface area contributed by atoms with E-state index < -0.39 is 41.0 Å². The fourth-order valence-corrected chi connectivity index (χ4v) is 7.43. The highest BCUT2D eigenvalue weighted by Crippen LogP contribution is 2.55. The van der Waals surface area contributed by atoms with Crippen LogP contribution >= 0.6 is 11.8 Å². The Labute approximate surface area is 263 Å². The maximum atomic E-state index is 13.0. The van der Waals surface area contributed by atoms with Crippen molar-refractivity contribution < 1.29 is 52.7 Å². The number of amides is 2. The summed E-state index contributed by atoms with van der Waals surface area (Å²) in [5.74, 6) is -1.76. The van der Waals surface area contributed by atoms with Crippen LogP contribution in [-0.2, 0) is 23.9 Å². The van der Waals surface area contributed by atoms with Crippen molar-refractivity contribution >= 4 is 35.5 Å². The van der Waals surface area contributed by atoms with Gasteiger partial charge in [0, 0.05) is 36.6 Å². The highest BCUT2D eigenvalue weighted by atomic mass is 32.2. The van der Waals surface area contributed by atoms with Gasteiger partial charge in [-0.1, -0.05) is 0 Å². The number of cyclic esters (lactones) is 1. The number of ether oxygens (including phenoxy) is 6. The summed E-state index contributed by atoms with van der Waals surface area (Å²) in [5, 5.41) is 10.7. The number of thioether (sulfide) groups is 1. The number of imide groups is 1. The highest BCUT2D eigenvalue weighted by Gasteiger charge is 2.52. The summed E-state index contributed by atoms with van der Waals surface area (Å²) in [4.78, 5) is 52.3. The Balaban J connectivity index is 1.26. The van der Waals surface area contributed by atoms with E-state index in [1.807, 2.05) is 6.92 Å². The highest BCUT2D eigenvalue weighted by molar-refractivity contribution is 8.00. The largest absolute Gasteiger partial charge is 0.493 e. The SMILES string of the molecule is COc1cc([C@@H]2c3cc4c(cc3[C@@H](O)[C@H]3COC(=O)[C@H]23)OCO4)cc(OC)c1OC(=O)CCN1C(=O)CC(SC[C@@H](C)N)C1=O. The topological polar surface area (TPSA) is 173 Å². The average molecular weight is 643 g/mol. The van der Waals surface area contributed by atoms with Gasteiger partial charge < -0.3 is 39.3 Å². The van der Waals surface area contributed by atoms with Gasteiger partial charge in [-0.3, -0.25) is 24.1 Å². The summed E-state index contributed by atoms with van der Waals surface area (Å²) in [6.07, 6.45) is -1.14. The Morgan fingerprint density at radius 3 is 2.38 bits per heavy atom. The van der Waals surface area contributed by atoms with E-state index >= 15 is 0 Å². The first kappa shape index (κ1) is 31.0. The second kappa shape index (κ2) is 12.4. The van der Waals surface area contributed by atoms with Crippen molar-refractivity contribution in [3.05, 3.63) is 41.0 Å². The van der Waals surface area contributed by atoms with Crippen LogP contribution in [0.3, 0.4) is 0 Å². The number of esters is 2. The second-order valence-corrected chi connectivity index (χ2v) is 12.7. The zero-order valence-electron chi connectivity index (χ0n) is 25.0. The number of nitrogens with two attached hydrogens (primary N) is 1. The smallest absolute Gasteiger partial charge is 0.313 e. The van der Waals surface area contributed by atoms with E-state index in [1.54, 1.807) is 24.3 Å². The zero-order chi connectivity index (χ0) is 32.0. The molecule has 3 N–H and O–H groups in total. The number of methoxy groups -OCH3 is 2. The Morgan fingerprint density at radius 2 is 1.73 bits per heavy atom. The number of benzene rings is 2. The number of fused-ring (bicyclic) bond motifs is 3. The van der Waals surface area contributed by atoms with Gasteiger partial charge in [-0.05, 0) is 47.9 Å². The van der Waals surface area contributed by atoms with E-state index in [0.717, 1.165) is 4.90 Å². The summed E-state index contributed by atoms with van der Waals surface area (Å²) in [7, 11) is 2.81. The molecule has 2 saturated heterocycles. The molecule has 0 radical (unpaired) electrons. The minimum Gasteiger partial charge on any atom is -0.493 e. The Bertz CT molecular complexity index is 1520. The molecule has 2 amide bonds. The summed E-state index contributed by atoms with van der Waals surface area (Å²) < 4.78 is 33.4. The first-order valence-electron chi connectivity index (χ1n) is 14.6. The van der Waals surface area contributed by atoms with E-state index in [4.69, 9.17) is 34.2 Å². The van der Waals surface area contributed by atoms with E-state index in [-0.39, 0.29) is 67.9 Å². The molecule has 6 rings (SSSR count). The lowest BCUT2D eigenvalue weighted by atomic mass is 9.66. The van der Waals surface area contributed by atoms with Crippen LogP contribution < -0.4 is 29.4 Å². The zero-order valence-corrected chi connectivity index (χ0v) is 25.8. The molecular formula is C31H34N2O11S. The molecular weight excluding hydrogens is 608 g/mol. The van der Waals surface area contributed by atoms with Gasteiger partial charge in [0.15, 0.2) is 23.0 Å². The van der Waals surface area contributed by atoms with Crippen LogP contribution in [0.15, 0.2) is 24.3 Å². The van der Waals surface area contributed by atoms with Crippen molar-refractivity contribution in [3.8, 4) is 28.7 Å².